The average Bonchev–Trinajstić information content (AvgIpc) is 3.85. The number of amides is 2. The highest BCUT2D eigenvalue weighted by Gasteiger charge is 2.25. The standard InChI is InChI=1S/C24H23N3O3.C23H23N3O3/c1-15-8-9-17(24(30)26-19-10-11-19)12-18(15)13-21(28)20-14-25-23(27(20)2)22(29)16-6-4-3-5-7-16;1-4-24-23(29)17-11-10-15(2)18(12-17)13-20(27)19-14-25-22(26(19)3)21(28)16-8-6-5-7-9-16/h3-9,12,14,19H,10-11,13H2,1-2H3,(H,26,30);5-12,14H,4,13H2,1-3H3,(H,24,29). The number of carbonyl (C=O) groups is 6. The largest absolute Gasteiger partial charge is 0.352 e. The van der Waals surface area contributed by atoms with Gasteiger partial charge in [-0.1, -0.05) is 72.8 Å². The second kappa shape index (κ2) is 18.5. The number of rotatable bonds is 14. The van der Waals surface area contributed by atoms with E-state index in [1.165, 1.54) is 21.5 Å². The summed E-state index contributed by atoms with van der Waals surface area (Å²) in [5.74, 6) is -0.622. The molecule has 1 saturated carbocycles. The van der Waals surface area contributed by atoms with Crippen molar-refractivity contribution in [3.05, 3.63) is 177 Å². The fourth-order valence-corrected chi connectivity index (χ4v) is 6.49. The molecule has 1 aliphatic rings. The van der Waals surface area contributed by atoms with Gasteiger partial charge < -0.3 is 19.8 Å². The molecule has 300 valence electrons. The van der Waals surface area contributed by atoms with Crippen molar-refractivity contribution in [2.75, 3.05) is 6.54 Å². The minimum atomic E-state index is -0.235. The van der Waals surface area contributed by atoms with Gasteiger partial charge in [0, 0.05) is 61.8 Å². The Morgan fingerprint density at radius 1 is 0.593 bits per heavy atom. The summed E-state index contributed by atoms with van der Waals surface area (Å²) in [6.45, 7) is 6.21. The molecule has 0 bridgehead atoms. The highest BCUT2D eigenvalue weighted by molar-refractivity contribution is 6.09. The van der Waals surface area contributed by atoms with Crippen molar-refractivity contribution in [2.45, 2.75) is 52.5 Å². The van der Waals surface area contributed by atoms with Crippen LogP contribution in [0.4, 0.5) is 0 Å². The van der Waals surface area contributed by atoms with E-state index in [0.717, 1.165) is 35.1 Å². The van der Waals surface area contributed by atoms with E-state index in [-0.39, 0.29) is 65.5 Å². The number of aryl methyl sites for hydroxylation is 2. The first-order valence-corrected chi connectivity index (χ1v) is 19.4. The number of hydrogen-bond donors (Lipinski definition) is 2. The maximum Gasteiger partial charge on any atom is 0.251 e. The molecule has 6 aromatic rings. The predicted molar refractivity (Wildman–Crippen MR) is 223 cm³/mol. The van der Waals surface area contributed by atoms with E-state index >= 15 is 0 Å². The molecule has 7 rings (SSSR count). The average molecular weight is 791 g/mol. The molecule has 2 amide bonds. The Morgan fingerprint density at radius 2 is 1.02 bits per heavy atom. The molecule has 2 N–H and O–H groups in total. The van der Waals surface area contributed by atoms with E-state index in [1.54, 1.807) is 86.9 Å². The Hall–Kier alpha value is -7.08. The zero-order valence-electron chi connectivity index (χ0n) is 33.7. The zero-order chi connectivity index (χ0) is 42.2. The molecule has 0 radical (unpaired) electrons. The van der Waals surface area contributed by atoms with Gasteiger partial charge in [-0.25, -0.2) is 9.97 Å². The first-order valence-electron chi connectivity index (χ1n) is 19.4. The lowest BCUT2D eigenvalue weighted by Gasteiger charge is -2.10. The lowest BCUT2D eigenvalue weighted by molar-refractivity contribution is 0.0944. The summed E-state index contributed by atoms with van der Waals surface area (Å²) < 4.78 is 3.07. The lowest BCUT2D eigenvalue weighted by Crippen LogP contribution is -2.25. The van der Waals surface area contributed by atoms with Gasteiger partial charge in [-0.05, 0) is 80.1 Å². The first-order chi connectivity index (χ1) is 28.4. The minimum Gasteiger partial charge on any atom is -0.352 e. The van der Waals surface area contributed by atoms with E-state index in [4.69, 9.17) is 0 Å². The fourth-order valence-electron chi connectivity index (χ4n) is 6.49. The Balaban J connectivity index is 0.000000199. The maximum absolute atomic E-state index is 13.0. The van der Waals surface area contributed by atoms with Crippen molar-refractivity contribution in [1.29, 1.82) is 0 Å². The third kappa shape index (κ3) is 9.90. The molecule has 0 aliphatic heterocycles. The molecule has 2 aromatic heterocycles. The molecule has 59 heavy (non-hydrogen) atoms. The monoisotopic (exact) mass is 790 g/mol. The van der Waals surface area contributed by atoms with Crippen molar-refractivity contribution in [3.8, 4) is 0 Å². The SMILES string of the molecule is CCNC(=O)c1ccc(C)c(CC(=O)c2cnc(C(=O)c3ccccc3)n2C)c1.Cc1ccc(C(=O)NC2CC2)cc1CC(=O)c1cnc(C(=O)c2ccccc2)n1C. The van der Waals surface area contributed by atoms with Crippen LogP contribution in [0.2, 0.25) is 0 Å². The Labute approximate surface area is 342 Å². The second-order valence-electron chi connectivity index (χ2n) is 14.5. The van der Waals surface area contributed by atoms with Crippen LogP contribution in [0.5, 0.6) is 0 Å². The summed E-state index contributed by atoms with van der Waals surface area (Å²) in [6.07, 6.45) is 5.17. The van der Waals surface area contributed by atoms with E-state index in [1.807, 2.05) is 45.0 Å². The number of carbonyl (C=O) groups excluding carboxylic acids is 6. The number of hydrogen-bond acceptors (Lipinski definition) is 8. The quantitative estimate of drug-likeness (QED) is 0.120. The molecule has 0 unspecified atom stereocenters. The van der Waals surface area contributed by atoms with Crippen molar-refractivity contribution < 1.29 is 28.8 Å². The molecule has 12 heteroatoms. The van der Waals surface area contributed by atoms with Gasteiger partial charge in [0.1, 0.15) is 11.4 Å². The molecule has 1 fully saturated rings. The van der Waals surface area contributed by atoms with Crippen molar-refractivity contribution in [3.63, 3.8) is 0 Å². The van der Waals surface area contributed by atoms with Crippen molar-refractivity contribution in [1.82, 2.24) is 29.7 Å². The van der Waals surface area contributed by atoms with Gasteiger partial charge in [-0.3, -0.25) is 28.8 Å². The summed E-state index contributed by atoms with van der Waals surface area (Å²) in [7, 11) is 3.33. The maximum atomic E-state index is 13.0. The molecule has 0 spiro atoms. The zero-order valence-corrected chi connectivity index (χ0v) is 33.7. The number of nitrogens with one attached hydrogen (secondary N) is 2. The van der Waals surface area contributed by atoms with Gasteiger partial charge in [-0.2, -0.15) is 0 Å². The molecule has 4 aromatic carbocycles. The van der Waals surface area contributed by atoms with Crippen LogP contribution >= 0.6 is 0 Å². The van der Waals surface area contributed by atoms with E-state index in [0.29, 0.717) is 40.2 Å². The minimum absolute atomic E-state index is 0.109. The summed E-state index contributed by atoms with van der Waals surface area (Å²) in [4.78, 5) is 84.0. The number of imidazole rings is 2. The van der Waals surface area contributed by atoms with Gasteiger partial charge in [0.05, 0.1) is 12.4 Å². The number of nitrogens with zero attached hydrogens (tertiary/aromatic N) is 4. The molecular weight excluding hydrogens is 745 g/mol. The van der Waals surface area contributed by atoms with Gasteiger partial charge >= 0.3 is 0 Å². The summed E-state index contributed by atoms with van der Waals surface area (Å²) in [6, 6.07) is 28.7. The molecule has 0 saturated heterocycles. The van der Waals surface area contributed by atoms with E-state index in [2.05, 4.69) is 20.6 Å². The number of ketones is 4. The molecular formula is C47H46N6O6. The van der Waals surface area contributed by atoms with Crippen LogP contribution in [-0.4, -0.2) is 66.6 Å². The fraction of sp³-hybridized carbons (Fsp3) is 0.234. The van der Waals surface area contributed by atoms with Crippen LogP contribution in [0.1, 0.15) is 116 Å². The Morgan fingerprint density at radius 3 is 1.42 bits per heavy atom. The van der Waals surface area contributed by atoms with Crippen LogP contribution in [0, 0.1) is 13.8 Å². The third-order valence-corrected chi connectivity index (χ3v) is 10.2. The van der Waals surface area contributed by atoms with Crippen molar-refractivity contribution >= 4 is 34.9 Å². The molecule has 0 atom stereocenters. The topological polar surface area (TPSA) is 162 Å². The summed E-state index contributed by atoms with van der Waals surface area (Å²) >= 11 is 0. The Bertz CT molecular complexity index is 2550. The normalized spacial score (nSPS) is 11.9. The number of Topliss-reactive ketones (excluding diaryl/α,β-unsaturated/α-hetero) is 2. The van der Waals surface area contributed by atoms with Gasteiger partial charge in [-0.15, -0.1) is 0 Å². The summed E-state index contributed by atoms with van der Waals surface area (Å²) in [5.41, 5.74) is 6.26. The van der Waals surface area contributed by atoms with E-state index < -0.39 is 0 Å². The second-order valence-corrected chi connectivity index (χ2v) is 14.5. The number of aromatic nitrogens is 4. The first kappa shape index (κ1) is 41.6. The smallest absolute Gasteiger partial charge is 0.251 e. The highest BCUT2D eigenvalue weighted by Crippen LogP contribution is 2.21. The van der Waals surface area contributed by atoms with Crippen LogP contribution in [0.3, 0.4) is 0 Å². The molecule has 1 aliphatic carbocycles. The predicted octanol–water partition coefficient (Wildman–Crippen LogP) is 6.41. The lowest BCUT2D eigenvalue weighted by atomic mass is 9.99. The third-order valence-electron chi connectivity index (χ3n) is 10.2. The molecule has 2 heterocycles. The Kier molecular flexibility index (Phi) is 13.0. The highest BCUT2D eigenvalue weighted by atomic mass is 16.2. The molecule has 12 nitrogen and oxygen atoms in total. The summed E-state index contributed by atoms with van der Waals surface area (Å²) in [5, 5.41) is 5.73. The van der Waals surface area contributed by atoms with E-state index in [9.17, 15) is 28.8 Å². The van der Waals surface area contributed by atoms with Gasteiger partial charge in [0.2, 0.25) is 11.6 Å². The van der Waals surface area contributed by atoms with Gasteiger partial charge in [0.25, 0.3) is 11.8 Å². The van der Waals surface area contributed by atoms with Crippen LogP contribution in [-0.2, 0) is 26.9 Å². The van der Waals surface area contributed by atoms with Crippen molar-refractivity contribution in [2.24, 2.45) is 14.1 Å². The van der Waals surface area contributed by atoms with Gasteiger partial charge in [0.15, 0.2) is 23.2 Å². The van der Waals surface area contributed by atoms with Crippen LogP contribution < -0.4 is 10.6 Å². The van der Waals surface area contributed by atoms with Crippen LogP contribution in [0.15, 0.2) is 109 Å². The number of benzene rings is 4. The van der Waals surface area contributed by atoms with Crippen LogP contribution in [0.25, 0.3) is 0 Å².